The van der Waals surface area contributed by atoms with Crippen molar-refractivity contribution >= 4 is 5.91 Å². The zero-order valence-corrected chi connectivity index (χ0v) is 44.3. The third-order valence-corrected chi connectivity index (χ3v) is 13.9. The summed E-state index contributed by atoms with van der Waals surface area (Å²) in [7, 11) is 0. The van der Waals surface area contributed by atoms with Gasteiger partial charge in [0.1, 0.15) is 0 Å². The highest BCUT2D eigenvalue weighted by Gasteiger charge is 2.18. The van der Waals surface area contributed by atoms with Crippen LogP contribution >= 0.6 is 0 Å². The highest BCUT2D eigenvalue weighted by atomic mass is 16.3. The number of hydrogen-bond acceptors (Lipinski definition) is 3. The lowest BCUT2D eigenvalue weighted by Crippen LogP contribution is -2.45. The summed E-state index contributed by atoms with van der Waals surface area (Å²) in [5, 5.41) is 23.1. The minimum absolute atomic E-state index is 0.0579. The van der Waals surface area contributed by atoms with Crippen molar-refractivity contribution in [1.82, 2.24) is 5.32 Å². The monoisotopic (exact) mass is 912 g/mol. The Morgan fingerprint density at radius 1 is 0.369 bits per heavy atom. The maximum absolute atomic E-state index is 12.5. The molecule has 0 heterocycles. The Hall–Kier alpha value is -1.39. The van der Waals surface area contributed by atoms with E-state index >= 15 is 0 Å². The molecule has 0 bridgehead atoms. The van der Waals surface area contributed by atoms with Crippen molar-refractivity contribution in [2.24, 2.45) is 0 Å². The molecule has 4 heteroatoms. The Labute approximate surface area is 408 Å². The van der Waals surface area contributed by atoms with Crippen molar-refractivity contribution in [1.29, 1.82) is 0 Å². The Morgan fingerprint density at radius 2 is 0.631 bits per heavy atom. The fraction of sp³-hybridized carbons (Fsp3) is 0.885. The summed E-state index contributed by atoms with van der Waals surface area (Å²) in [6.07, 6.45) is 77.6. The summed E-state index contributed by atoms with van der Waals surface area (Å²) in [6, 6.07) is -0.620. The lowest BCUT2D eigenvalue weighted by atomic mass is 10.0. The van der Waals surface area contributed by atoms with Gasteiger partial charge in [-0.2, -0.15) is 0 Å². The van der Waals surface area contributed by atoms with Crippen LogP contribution in [-0.2, 0) is 4.79 Å². The van der Waals surface area contributed by atoms with Crippen LogP contribution in [0.1, 0.15) is 328 Å². The van der Waals surface area contributed by atoms with Gasteiger partial charge in [-0.25, -0.2) is 0 Å². The largest absolute Gasteiger partial charge is 0.394 e. The first kappa shape index (κ1) is 63.6. The van der Waals surface area contributed by atoms with Crippen LogP contribution in [0.4, 0.5) is 0 Å². The molecule has 384 valence electrons. The predicted molar refractivity (Wildman–Crippen MR) is 290 cm³/mol. The molecule has 0 aromatic rings. The fourth-order valence-electron chi connectivity index (χ4n) is 9.33. The quantitative estimate of drug-likeness (QED) is 0.0421. The number of aliphatic hydroxyl groups is 2. The molecule has 3 N–H and O–H groups in total. The summed E-state index contributed by atoms with van der Waals surface area (Å²) in [4.78, 5) is 12.5. The third-order valence-electron chi connectivity index (χ3n) is 13.9. The van der Waals surface area contributed by atoms with Crippen molar-refractivity contribution in [3.05, 3.63) is 36.5 Å². The second kappa shape index (κ2) is 56.9. The Kier molecular flexibility index (Phi) is 55.7. The molecule has 0 saturated carbocycles. The van der Waals surface area contributed by atoms with Gasteiger partial charge in [-0.3, -0.25) is 4.79 Å². The van der Waals surface area contributed by atoms with Gasteiger partial charge >= 0.3 is 0 Å². The van der Waals surface area contributed by atoms with Crippen molar-refractivity contribution < 1.29 is 15.0 Å². The molecular weight excluding hydrogens is 795 g/mol. The van der Waals surface area contributed by atoms with Gasteiger partial charge < -0.3 is 15.5 Å². The molecule has 0 aromatic carbocycles. The van der Waals surface area contributed by atoms with Crippen molar-refractivity contribution in [3.8, 4) is 0 Å². The smallest absolute Gasteiger partial charge is 0.220 e. The fourth-order valence-corrected chi connectivity index (χ4v) is 9.33. The van der Waals surface area contributed by atoms with Gasteiger partial charge in [0.15, 0.2) is 0 Å². The molecule has 65 heavy (non-hydrogen) atoms. The van der Waals surface area contributed by atoms with E-state index in [1.54, 1.807) is 6.08 Å². The number of nitrogens with one attached hydrogen (secondary N) is 1. The van der Waals surface area contributed by atoms with Gasteiger partial charge in [0.25, 0.3) is 0 Å². The van der Waals surface area contributed by atoms with E-state index in [0.29, 0.717) is 6.42 Å². The van der Waals surface area contributed by atoms with E-state index in [2.05, 4.69) is 43.5 Å². The Balaban J connectivity index is 3.40. The molecule has 1 amide bonds. The molecule has 2 atom stereocenters. The molecule has 0 aliphatic carbocycles. The number of hydrogen-bond donors (Lipinski definition) is 3. The van der Waals surface area contributed by atoms with E-state index < -0.39 is 12.1 Å². The summed E-state index contributed by atoms with van der Waals surface area (Å²) in [5.41, 5.74) is 0. The van der Waals surface area contributed by atoms with Crippen LogP contribution in [0.2, 0.25) is 0 Å². The molecule has 0 spiro atoms. The van der Waals surface area contributed by atoms with Crippen molar-refractivity contribution in [2.75, 3.05) is 6.61 Å². The SMILES string of the molecule is CCCCCCC/C=C\C/C=C\CCCCCCCCCCCCCCCCCCCCCCCCCCCC(=O)NC(CO)C(O)/C=C/CCCCCCCCCCCCCCCC. The van der Waals surface area contributed by atoms with Gasteiger partial charge in [0.05, 0.1) is 18.8 Å². The minimum atomic E-state index is -0.837. The maximum atomic E-state index is 12.5. The summed E-state index contributed by atoms with van der Waals surface area (Å²) >= 11 is 0. The van der Waals surface area contributed by atoms with Gasteiger partial charge in [0, 0.05) is 6.42 Å². The number of carbonyl (C=O) groups excluding carboxylic acids is 1. The van der Waals surface area contributed by atoms with E-state index in [9.17, 15) is 15.0 Å². The van der Waals surface area contributed by atoms with E-state index in [1.807, 2.05) is 6.08 Å². The van der Waals surface area contributed by atoms with Crippen LogP contribution in [0, 0.1) is 0 Å². The van der Waals surface area contributed by atoms with Crippen LogP contribution in [0.15, 0.2) is 36.5 Å². The molecule has 2 unspecified atom stereocenters. The van der Waals surface area contributed by atoms with Crippen LogP contribution < -0.4 is 5.32 Å². The lowest BCUT2D eigenvalue weighted by molar-refractivity contribution is -0.123. The third kappa shape index (κ3) is 53.4. The second-order valence-corrected chi connectivity index (χ2v) is 20.4. The second-order valence-electron chi connectivity index (χ2n) is 20.4. The standard InChI is InChI=1S/C61H117NO3/c1-3-5-7-9-11-13-15-17-19-21-22-23-24-25-26-27-28-29-30-31-32-33-34-35-36-37-38-39-40-41-43-45-47-49-51-53-55-57-61(65)62-59(58-63)60(64)56-54-52-50-48-46-44-42-20-18-16-14-12-10-8-6-4-2/h15,17,21-22,54,56,59-60,63-64H,3-14,16,18-20,23-53,55,57-58H2,1-2H3,(H,62,65)/b17-15-,22-21-,56-54+. The molecule has 4 nitrogen and oxygen atoms in total. The Bertz CT molecular complexity index is 989. The van der Waals surface area contributed by atoms with E-state index in [-0.39, 0.29) is 12.5 Å². The minimum Gasteiger partial charge on any atom is -0.394 e. The van der Waals surface area contributed by atoms with Crippen molar-refractivity contribution in [2.45, 2.75) is 341 Å². The number of aliphatic hydroxyl groups excluding tert-OH is 2. The summed E-state index contributed by atoms with van der Waals surface area (Å²) < 4.78 is 0. The highest BCUT2D eigenvalue weighted by molar-refractivity contribution is 5.76. The average Bonchev–Trinajstić information content (AvgIpc) is 3.31. The van der Waals surface area contributed by atoms with Crippen LogP contribution in [0.25, 0.3) is 0 Å². The molecule has 0 fully saturated rings. The number of allylic oxidation sites excluding steroid dienone is 5. The first-order valence-corrected chi connectivity index (χ1v) is 29.7. The maximum Gasteiger partial charge on any atom is 0.220 e. The summed E-state index contributed by atoms with van der Waals surface area (Å²) in [5.74, 6) is -0.0579. The van der Waals surface area contributed by atoms with Gasteiger partial charge in [-0.1, -0.05) is 307 Å². The topological polar surface area (TPSA) is 69.6 Å². The molecule has 0 radical (unpaired) electrons. The summed E-state index contributed by atoms with van der Waals surface area (Å²) in [6.45, 7) is 4.32. The number of rotatable bonds is 55. The Morgan fingerprint density at radius 3 is 0.923 bits per heavy atom. The zero-order chi connectivity index (χ0) is 47.0. The predicted octanol–water partition coefficient (Wildman–Crippen LogP) is 19.6. The van der Waals surface area contributed by atoms with Gasteiger partial charge in [-0.15, -0.1) is 0 Å². The molecule has 0 saturated heterocycles. The van der Waals surface area contributed by atoms with Crippen LogP contribution in [-0.4, -0.2) is 34.9 Å². The average molecular weight is 913 g/mol. The highest BCUT2D eigenvalue weighted by Crippen LogP contribution is 2.18. The molecular formula is C61H117NO3. The van der Waals surface area contributed by atoms with E-state index in [0.717, 1.165) is 32.1 Å². The van der Waals surface area contributed by atoms with Gasteiger partial charge in [-0.05, 0) is 51.4 Å². The van der Waals surface area contributed by atoms with E-state index in [4.69, 9.17) is 0 Å². The molecule has 0 aliphatic rings. The lowest BCUT2D eigenvalue weighted by Gasteiger charge is -2.20. The van der Waals surface area contributed by atoms with Gasteiger partial charge in [0.2, 0.25) is 5.91 Å². The number of amides is 1. The van der Waals surface area contributed by atoms with Crippen LogP contribution in [0.3, 0.4) is 0 Å². The molecule has 0 rings (SSSR count). The van der Waals surface area contributed by atoms with Crippen molar-refractivity contribution in [3.63, 3.8) is 0 Å². The first-order chi connectivity index (χ1) is 32.2. The number of carbonyl (C=O) groups is 1. The van der Waals surface area contributed by atoms with Crippen LogP contribution in [0.5, 0.6) is 0 Å². The zero-order valence-electron chi connectivity index (χ0n) is 44.3. The molecule has 0 aliphatic heterocycles. The van der Waals surface area contributed by atoms with E-state index in [1.165, 1.54) is 276 Å². The normalized spacial score (nSPS) is 13.0. The number of unbranched alkanes of at least 4 members (excludes halogenated alkanes) is 44. The molecule has 0 aromatic heterocycles. The first-order valence-electron chi connectivity index (χ1n) is 29.7.